The van der Waals surface area contributed by atoms with E-state index >= 15 is 0 Å². The second-order valence-electron chi connectivity index (χ2n) is 6.58. The van der Waals surface area contributed by atoms with E-state index in [0.29, 0.717) is 16.3 Å². The maximum atomic E-state index is 12.2. The number of nitrogens with zero attached hydrogens (tertiary/aromatic N) is 3. The van der Waals surface area contributed by atoms with Crippen molar-refractivity contribution >= 4 is 22.6 Å². The Morgan fingerprint density at radius 1 is 1.29 bits per heavy atom. The first kappa shape index (κ1) is 17.9. The number of H-pyrrole nitrogens is 1. The molecule has 3 aromatic rings. The predicted octanol–water partition coefficient (Wildman–Crippen LogP) is 2.71. The molecule has 0 fully saturated rings. The number of aromatic amines is 1. The van der Waals surface area contributed by atoms with E-state index in [-0.39, 0.29) is 5.56 Å². The standard InChI is InChI=1S/C20H16N4O3S/c1-11-5-7-12(8-6-11)24-19(26)15(17(25)23-20(24)27)10-22-18-14(9-21)13-3-2-4-16(13)28-18/h5-8,10,26H,2-4H2,1H3,(H,23,25,27). The number of nitriles is 1. The zero-order chi connectivity index (χ0) is 19.8. The van der Waals surface area contributed by atoms with Gasteiger partial charge in [-0.3, -0.25) is 9.78 Å². The fourth-order valence-electron chi connectivity index (χ4n) is 3.31. The minimum absolute atomic E-state index is 0.141. The largest absolute Gasteiger partial charge is 0.493 e. The molecule has 0 unspecified atom stereocenters. The van der Waals surface area contributed by atoms with Crippen molar-refractivity contribution in [1.29, 1.82) is 5.26 Å². The number of aromatic hydroxyl groups is 1. The van der Waals surface area contributed by atoms with E-state index in [1.807, 2.05) is 6.92 Å². The van der Waals surface area contributed by atoms with E-state index in [9.17, 15) is 20.0 Å². The fraction of sp³-hybridized carbons (Fsp3) is 0.200. The molecule has 0 saturated heterocycles. The number of aryl methyl sites for hydroxylation is 2. The van der Waals surface area contributed by atoms with Gasteiger partial charge in [0.2, 0.25) is 5.88 Å². The smallest absolute Gasteiger partial charge is 0.335 e. The van der Waals surface area contributed by atoms with Crippen molar-refractivity contribution in [2.75, 3.05) is 0 Å². The Morgan fingerprint density at radius 3 is 2.75 bits per heavy atom. The highest BCUT2D eigenvalue weighted by molar-refractivity contribution is 7.16. The summed E-state index contributed by atoms with van der Waals surface area (Å²) >= 11 is 1.43. The first-order valence-electron chi connectivity index (χ1n) is 8.73. The van der Waals surface area contributed by atoms with Crippen LogP contribution >= 0.6 is 11.3 Å². The molecule has 140 valence electrons. The van der Waals surface area contributed by atoms with Gasteiger partial charge < -0.3 is 5.11 Å². The lowest BCUT2D eigenvalue weighted by Gasteiger charge is -2.09. The quantitative estimate of drug-likeness (QED) is 0.668. The normalized spacial score (nSPS) is 13.0. The second-order valence-corrected chi connectivity index (χ2v) is 7.66. The van der Waals surface area contributed by atoms with Crippen LogP contribution in [-0.2, 0) is 12.8 Å². The van der Waals surface area contributed by atoms with Crippen molar-refractivity contribution < 1.29 is 5.11 Å². The zero-order valence-corrected chi connectivity index (χ0v) is 15.8. The highest BCUT2D eigenvalue weighted by Crippen LogP contribution is 2.40. The number of nitrogens with one attached hydrogen (secondary N) is 1. The van der Waals surface area contributed by atoms with Crippen molar-refractivity contribution in [3.05, 3.63) is 72.2 Å². The molecule has 0 atom stereocenters. The molecular formula is C20H16N4O3S. The molecule has 0 amide bonds. The summed E-state index contributed by atoms with van der Waals surface area (Å²) in [6.45, 7) is 1.91. The van der Waals surface area contributed by atoms with E-state index < -0.39 is 17.1 Å². The van der Waals surface area contributed by atoms with Gasteiger partial charge in [0.05, 0.1) is 11.3 Å². The number of aliphatic imine (C=N–C) groups is 1. The molecule has 0 aliphatic heterocycles. The Kier molecular flexibility index (Phi) is 4.45. The Labute approximate surface area is 163 Å². The Balaban J connectivity index is 1.81. The fourth-order valence-corrected chi connectivity index (χ4v) is 4.49. The molecule has 1 aliphatic rings. The van der Waals surface area contributed by atoms with Crippen LogP contribution in [-0.4, -0.2) is 20.9 Å². The number of thiophene rings is 1. The third kappa shape index (κ3) is 2.96. The topological polar surface area (TPSA) is 111 Å². The van der Waals surface area contributed by atoms with Crippen LogP contribution in [0.5, 0.6) is 5.88 Å². The molecule has 2 aromatic heterocycles. The number of aromatic nitrogens is 2. The summed E-state index contributed by atoms with van der Waals surface area (Å²) < 4.78 is 1.02. The average molecular weight is 392 g/mol. The highest BCUT2D eigenvalue weighted by atomic mass is 32.1. The van der Waals surface area contributed by atoms with Gasteiger partial charge in [-0.1, -0.05) is 17.7 Å². The van der Waals surface area contributed by atoms with Crippen molar-refractivity contribution in [2.24, 2.45) is 4.99 Å². The molecule has 1 aliphatic carbocycles. The monoisotopic (exact) mass is 392 g/mol. The summed E-state index contributed by atoms with van der Waals surface area (Å²) in [4.78, 5) is 32.1. The second kappa shape index (κ2) is 6.94. The number of fused-ring (bicyclic) bond motifs is 1. The third-order valence-corrected chi connectivity index (χ3v) is 5.94. The number of hydrogen-bond acceptors (Lipinski definition) is 6. The van der Waals surface area contributed by atoms with Crippen LogP contribution in [0.3, 0.4) is 0 Å². The van der Waals surface area contributed by atoms with Gasteiger partial charge in [0.1, 0.15) is 16.6 Å². The molecule has 1 aromatic carbocycles. The lowest BCUT2D eigenvalue weighted by molar-refractivity contribution is 0.430. The van der Waals surface area contributed by atoms with Gasteiger partial charge in [-0.05, 0) is 43.9 Å². The van der Waals surface area contributed by atoms with E-state index in [4.69, 9.17) is 0 Å². The lowest BCUT2D eigenvalue weighted by atomic mass is 10.1. The first-order chi connectivity index (χ1) is 13.5. The SMILES string of the molecule is Cc1ccc(-n2c(O)c(C=Nc3sc4c(c3C#N)CCC4)c(=O)[nH]c2=O)cc1. The van der Waals surface area contributed by atoms with Gasteiger partial charge >= 0.3 is 5.69 Å². The van der Waals surface area contributed by atoms with E-state index in [1.165, 1.54) is 17.6 Å². The number of benzene rings is 1. The minimum atomic E-state index is -0.740. The van der Waals surface area contributed by atoms with Gasteiger partial charge in [-0.15, -0.1) is 11.3 Å². The summed E-state index contributed by atoms with van der Waals surface area (Å²) in [5.74, 6) is -0.496. The Hall–Kier alpha value is -3.44. The minimum Gasteiger partial charge on any atom is -0.493 e. The molecule has 2 heterocycles. The maximum absolute atomic E-state index is 12.2. The van der Waals surface area contributed by atoms with Crippen LogP contribution in [0.1, 0.15) is 33.6 Å². The van der Waals surface area contributed by atoms with Gasteiger partial charge in [-0.25, -0.2) is 14.4 Å². The van der Waals surface area contributed by atoms with E-state index in [0.717, 1.165) is 39.8 Å². The molecule has 0 radical (unpaired) electrons. The summed E-state index contributed by atoms with van der Waals surface area (Å²) in [5, 5.41) is 20.5. The Bertz CT molecular complexity index is 1260. The summed E-state index contributed by atoms with van der Waals surface area (Å²) in [7, 11) is 0. The van der Waals surface area contributed by atoms with Crippen molar-refractivity contribution in [2.45, 2.75) is 26.2 Å². The summed E-state index contributed by atoms with van der Waals surface area (Å²) in [6.07, 6.45) is 4.02. The molecule has 28 heavy (non-hydrogen) atoms. The maximum Gasteiger partial charge on any atom is 0.335 e. The van der Waals surface area contributed by atoms with Gasteiger partial charge in [0.25, 0.3) is 5.56 Å². The Morgan fingerprint density at radius 2 is 2.04 bits per heavy atom. The van der Waals surface area contributed by atoms with E-state index in [1.54, 1.807) is 24.3 Å². The van der Waals surface area contributed by atoms with Crippen molar-refractivity contribution in [3.63, 3.8) is 0 Å². The molecule has 0 spiro atoms. The first-order valence-corrected chi connectivity index (χ1v) is 9.55. The van der Waals surface area contributed by atoms with Crippen LogP contribution in [0.25, 0.3) is 5.69 Å². The lowest BCUT2D eigenvalue weighted by Crippen LogP contribution is -2.31. The molecule has 2 N–H and O–H groups in total. The summed E-state index contributed by atoms with van der Waals surface area (Å²) in [5.41, 5.74) is 1.36. The van der Waals surface area contributed by atoms with Crippen LogP contribution in [0.2, 0.25) is 0 Å². The highest BCUT2D eigenvalue weighted by Gasteiger charge is 2.22. The van der Waals surface area contributed by atoms with Crippen LogP contribution in [0.4, 0.5) is 5.00 Å². The van der Waals surface area contributed by atoms with Gasteiger partial charge in [0, 0.05) is 11.1 Å². The molecular weight excluding hydrogens is 376 g/mol. The van der Waals surface area contributed by atoms with Crippen molar-refractivity contribution in [3.8, 4) is 17.6 Å². The van der Waals surface area contributed by atoms with Crippen LogP contribution in [0.15, 0.2) is 38.8 Å². The van der Waals surface area contributed by atoms with Crippen molar-refractivity contribution in [1.82, 2.24) is 9.55 Å². The van der Waals surface area contributed by atoms with Crippen LogP contribution < -0.4 is 11.2 Å². The molecule has 7 nitrogen and oxygen atoms in total. The van der Waals surface area contributed by atoms with Crippen LogP contribution in [0, 0.1) is 18.3 Å². The van der Waals surface area contributed by atoms with E-state index in [2.05, 4.69) is 16.0 Å². The molecule has 4 rings (SSSR count). The number of rotatable bonds is 3. The zero-order valence-electron chi connectivity index (χ0n) is 15.0. The molecule has 0 bridgehead atoms. The molecule has 8 heteroatoms. The third-order valence-electron chi connectivity index (χ3n) is 4.74. The number of hydrogen-bond donors (Lipinski definition) is 2. The predicted molar refractivity (Wildman–Crippen MR) is 107 cm³/mol. The van der Waals surface area contributed by atoms with Gasteiger partial charge in [-0.2, -0.15) is 5.26 Å². The summed E-state index contributed by atoms with van der Waals surface area (Å²) in [6, 6.07) is 9.13. The molecule has 0 saturated carbocycles. The average Bonchev–Trinajstić information content (AvgIpc) is 3.23. The van der Waals surface area contributed by atoms with Gasteiger partial charge in [0.15, 0.2) is 0 Å².